The second-order valence-electron chi connectivity index (χ2n) is 8.06. The molecule has 0 saturated carbocycles. The van der Waals surface area contributed by atoms with Crippen molar-refractivity contribution < 1.29 is 14.3 Å². The van der Waals surface area contributed by atoms with Crippen molar-refractivity contribution in [3.8, 4) is 0 Å². The number of carbonyl (C=O) groups excluding carboxylic acids is 2. The van der Waals surface area contributed by atoms with Crippen molar-refractivity contribution in [1.82, 2.24) is 14.9 Å². The predicted octanol–water partition coefficient (Wildman–Crippen LogP) is 4.46. The van der Waals surface area contributed by atoms with E-state index >= 15 is 0 Å². The van der Waals surface area contributed by atoms with E-state index in [9.17, 15) is 14.4 Å². The summed E-state index contributed by atoms with van der Waals surface area (Å²) >= 11 is 12.1. The van der Waals surface area contributed by atoms with Gasteiger partial charge in [-0.1, -0.05) is 35.7 Å². The molecule has 0 aliphatic carbocycles. The van der Waals surface area contributed by atoms with Crippen molar-refractivity contribution in [2.45, 2.75) is 45.2 Å². The largest absolute Gasteiger partial charge is 0.452 e. The average molecular weight is 488 g/mol. The highest BCUT2D eigenvalue weighted by atomic mass is 35.5. The summed E-state index contributed by atoms with van der Waals surface area (Å²) in [6.45, 7) is 1.98. The van der Waals surface area contributed by atoms with Gasteiger partial charge in [0.05, 0.1) is 22.5 Å². The second-order valence-corrected chi connectivity index (χ2v) is 8.90. The summed E-state index contributed by atoms with van der Waals surface area (Å²) in [7, 11) is 0. The molecule has 9 heteroatoms. The number of aryl methyl sites for hydroxylation is 1. The van der Waals surface area contributed by atoms with Crippen LogP contribution in [-0.4, -0.2) is 28.0 Å². The van der Waals surface area contributed by atoms with Gasteiger partial charge in [0.25, 0.3) is 11.5 Å². The molecule has 2 heterocycles. The van der Waals surface area contributed by atoms with Gasteiger partial charge in [0.15, 0.2) is 6.61 Å². The van der Waals surface area contributed by atoms with E-state index < -0.39 is 24.5 Å². The molecule has 1 aliphatic heterocycles. The number of rotatable bonds is 5. The van der Waals surface area contributed by atoms with Gasteiger partial charge in [-0.05, 0) is 55.7 Å². The number of hydrogen-bond donors (Lipinski definition) is 1. The van der Waals surface area contributed by atoms with E-state index in [-0.39, 0.29) is 11.1 Å². The lowest BCUT2D eigenvalue weighted by Crippen LogP contribution is -2.31. The molecule has 0 spiro atoms. The Hall–Kier alpha value is -2.90. The Balaban J connectivity index is 1.43. The first kappa shape index (κ1) is 23.3. The zero-order chi connectivity index (χ0) is 23.5. The van der Waals surface area contributed by atoms with Gasteiger partial charge in [0.1, 0.15) is 5.82 Å². The molecule has 1 N–H and O–H groups in total. The number of amides is 1. The molecule has 172 valence electrons. The van der Waals surface area contributed by atoms with Crippen LogP contribution in [0.4, 0.5) is 0 Å². The molecule has 4 rings (SSSR count). The maximum atomic E-state index is 12.8. The topological polar surface area (TPSA) is 90.3 Å². The first-order valence-electron chi connectivity index (χ1n) is 10.8. The fourth-order valence-electron chi connectivity index (χ4n) is 3.97. The van der Waals surface area contributed by atoms with Crippen LogP contribution in [0.2, 0.25) is 10.0 Å². The van der Waals surface area contributed by atoms with Crippen LogP contribution in [-0.2, 0) is 22.5 Å². The fraction of sp³-hybridized carbons (Fsp3) is 0.333. The number of hydrogen-bond acceptors (Lipinski definition) is 5. The molecule has 0 radical (unpaired) electrons. The summed E-state index contributed by atoms with van der Waals surface area (Å²) in [6, 6.07) is 9.26. The van der Waals surface area contributed by atoms with Crippen molar-refractivity contribution in [3.63, 3.8) is 0 Å². The molecule has 1 aliphatic rings. The smallest absolute Gasteiger partial charge is 0.338 e. The molecule has 7 nitrogen and oxygen atoms in total. The monoisotopic (exact) mass is 487 g/mol. The summed E-state index contributed by atoms with van der Waals surface area (Å²) in [5.74, 6) is -0.393. The standard InChI is InChI=1S/C24H23Cl2N3O4/c1-14(17-9-7-16(25)12-19(17)26)27-22(30)13-33-24(32)15-6-8-18-20(11-15)28-21-5-3-2-4-10-29(21)23(18)31/h6-9,11-12,14H,2-5,10,13H2,1H3,(H,27,30)/t14-/m1/s1. The minimum atomic E-state index is -0.666. The lowest BCUT2D eigenvalue weighted by Gasteiger charge is -2.16. The van der Waals surface area contributed by atoms with Crippen molar-refractivity contribution in [3.05, 3.63) is 73.7 Å². The number of halogens is 2. The minimum absolute atomic E-state index is 0.0916. The van der Waals surface area contributed by atoms with E-state index in [1.807, 2.05) is 0 Å². The number of aromatic nitrogens is 2. The van der Waals surface area contributed by atoms with Gasteiger partial charge < -0.3 is 10.1 Å². The van der Waals surface area contributed by atoms with Crippen LogP contribution in [0.25, 0.3) is 10.9 Å². The van der Waals surface area contributed by atoms with Crippen LogP contribution in [0.3, 0.4) is 0 Å². The van der Waals surface area contributed by atoms with E-state index in [1.54, 1.807) is 41.8 Å². The molecule has 0 unspecified atom stereocenters. The lowest BCUT2D eigenvalue weighted by molar-refractivity contribution is -0.124. The Kier molecular flexibility index (Phi) is 7.00. The first-order chi connectivity index (χ1) is 15.8. The molecular formula is C24H23Cl2N3O4. The number of nitrogens with one attached hydrogen (secondary N) is 1. The molecule has 2 aromatic carbocycles. The number of esters is 1. The molecule has 33 heavy (non-hydrogen) atoms. The Morgan fingerprint density at radius 2 is 1.97 bits per heavy atom. The zero-order valence-electron chi connectivity index (χ0n) is 18.1. The van der Waals surface area contributed by atoms with Crippen LogP contribution in [0.5, 0.6) is 0 Å². The van der Waals surface area contributed by atoms with Crippen LogP contribution in [0.15, 0.2) is 41.2 Å². The highest BCUT2D eigenvalue weighted by Gasteiger charge is 2.18. The van der Waals surface area contributed by atoms with Gasteiger partial charge in [-0.15, -0.1) is 0 Å². The average Bonchev–Trinajstić information content (AvgIpc) is 3.03. The number of carbonyl (C=O) groups is 2. The second kappa shape index (κ2) is 9.93. The van der Waals surface area contributed by atoms with Crippen molar-refractivity contribution >= 4 is 46.0 Å². The van der Waals surface area contributed by atoms with Crippen molar-refractivity contribution in [2.24, 2.45) is 0 Å². The van der Waals surface area contributed by atoms with Gasteiger partial charge in [-0.2, -0.15) is 0 Å². The zero-order valence-corrected chi connectivity index (χ0v) is 19.6. The maximum absolute atomic E-state index is 12.8. The van der Waals surface area contributed by atoms with E-state index in [0.29, 0.717) is 33.1 Å². The van der Waals surface area contributed by atoms with Gasteiger partial charge in [-0.25, -0.2) is 9.78 Å². The Morgan fingerprint density at radius 1 is 1.15 bits per heavy atom. The van der Waals surface area contributed by atoms with E-state index in [0.717, 1.165) is 31.5 Å². The van der Waals surface area contributed by atoms with Gasteiger partial charge in [0, 0.05) is 23.0 Å². The predicted molar refractivity (Wildman–Crippen MR) is 127 cm³/mol. The third-order valence-electron chi connectivity index (χ3n) is 5.69. The van der Waals surface area contributed by atoms with Gasteiger partial charge >= 0.3 is 5.97 Å². The highest BCUT2D eigenvalue weighted by Crippen LogP contribution is 2.26. The van der Waals surface area contributed by atoms with E-state index in [4.69, 9.17) is 27.9 Å². The maximum Gasteiger partial charge on any atom is 0.338 e. The SMILES string of the molecule is C[C@@H](NC(=O)COC(=O)c1ccc2c(=O)n3c(nc2c1)CCCCC3)c1ccc(Cl)cc1Cl. The number of nitrogens with zero attached hydrogens (tertiary/aromatic N) is 2. The summed E-state index contributed by atoms with van der Waals surface area (Å²) in [4.78, 5) is 42.2. The summed E-state index contributed by atoms with van der Waals surface area (Å²) in [6.07, 6.45) is 3.72. The quantitative estimate of drug-likeness (QED) is 0.536. The minimum Gasteiger partial charge on any atom is -0.452 e. The Bertz CT molecular complexity index is 1290. The highest BCUT2D eigenvalue weighted by molar-refractivity contribution is 6.35. The molecule has 3 aromatic rings. The van der Waals surface area contributed by atoms with Gasteiger partial charge in [0.2, 0.25) is 0 Å². The number of ether oxygens (including phenoxy) is 1. The molecule has 0 fully saturated rings. The number of fused-ring (bicyclic) bond motifs is 2. The summed E-state index contributed by atoms with van der Waals surface area (Å²) in [5.41, 5.74) is 1.30. The van der Waals surface area contributed by atoms with Crippen LogP contribution in [0, 0.1) is 0 Å². The fourth-order valence-corrected chi connectivity index (χ4v) is 4.55. The third kappa shape index (κ3) is 5.20. The molecule has 0 saturated heterocycles. The summed E-state index contributed by atoms with van der Waals surface area (Å²) < 4.78 is 6.90. The molecule has 1 atom stereocenters. The van der Waals surface area contributed by atoms with E-state index in [2.05, 4.69) is 10.3 Å². The van der Waals surface area contributed by atoms with Gasteiger partial charge in [-0.3, -0.25) is 14.2 Å². The molecule has 1 aromatic heterocycles. The van der Waals surface area contributed by atoms with Crippen LogP contribution >= 0.6 is 23.2 Å². The summed E-state index contributed by atoms with van der Waals surface area (Å²) in [5, 5.41) is 4.14. The third-order valence-corrected chi connectivity index (χ3v) is 6.26. The van der Waals surface area contributed by atoms with Crippen LogP contribution in [0.1, 0.15) is 54.0 Å². The number of benzene rings is 2. The van der Waals surface area contributed by atoms with Crippen molar-refractivity contribution in [2.75, 3.05) is 6.61 Å². The molecule has 0 bridgehead atoms. The van der Waals surface area contributed by atoms with Crippen molar-refractivity contribution in [1.29, 1.82) is 0 Å². The molecular weight excluding hydrogens is 465 g/mol. The Morgan fingerprint density at radius 3 is 2.76 bits per heavy atom. The normalized spacial score (nSPS) is 14.3. The molecule has 1 amide bonds. The van der Waals surface area contributed by atoms with E-state index in [1.165, 1.54) is 6.07 Å². The first-order valence-corrected chi connectivity index (χ1v) is 11.5. The van der Waals surface area contributed by atoms with Crippen LogP contribution < -0.4 is 10.9 Å². The lowest BCUT2D eigenvalue weighted by atomic mass is 10.1. The Labute approximate surface area is 200 Å².